The molecule has 13 aromatic rings. The van der Waals surface area contributed by atoms with Crippen LogP contribution in [-0.2, 0) is 10.8 Å². The van der Waals surface area contributed by atoms with Gasteiger partial charge in [-0.2, -0.15) is 0 Å². The standard InChI is InChI=1S/C74H66N4O2/c1-72(2,3)54-32-35-75-69(41-54)78-65-17-13-12-16-58(65)59-28-26-55(44-67(59)78)79-56-42-62-61-39-53-23-22-52-38-50(48-20-18-47(19-21-48)49-30-33-74(7,8)34-31-49)24-27-57(52)60(53)45-68(61)80-70(62)63(43-56)71-76-36-37-77(71)66-29-25-51(40-64(66)73(4,5)6)46-14-10-9-11-15-46/h9-29,32,35-45,49H,30-31,33-34H2,1-8H3/i49D. The van der Waals surface area contributed by atoms with Crippen molar-refractivity contribution in [1.29, 1.82) is 0 Å². The highest BCUT2D eigenvalue weighted by Crippen LogP contribution is 2.46. The molecule has 0 amide bonds. The molecular formula is C74H66N4O2. The Morgan fingerprint density at radius 3 is 2.04 bits per heavy atom. The van der Waals surface area contributed by atoms with Gasteiger partial charge in [0.1, 0.15) is 34.3 Å². The Kier molecular flexibility index (Phi) is 11.3. The molecule has 9 aromatic carbocycles. The number of hydrogen-bond acceptors (Lipinski definition) is 4. The van der Waals surface area contributed by atoms with Crippen LogP contribution in [0, 0.1) is 5.41 Å². The summed E-state index contributed by atoms with van der Waals surface area (Å²) in [5.41, 5.74) is 13.8. The van der Waals surface area contributed by atoms with Gasteiger partial charge in [-0.05, 0) is 181 Å². The summed E-state index contributed by atoms with van der Waals surface area (Å²) < 4.78 is 28.1. The first-order valence-electron chi connectivity index (χ1n) is 28.8. The van der Waals surface area contributed by atoms with Crippen molar-refractivity contribution in [2.24, 2.45) is 5.41 Å². The molecule has 0 atom stereocenters. The number of furan rings is 1. The summed E-state index contributed by atoms with van der Waals surface area (Å²) in [7, 11) is 0. The quantitative estimate of drug-likeness (QED) is 0.142. The van der Waals surface area contributed by atoms with Gasteiger partial charge < -0.3 is 9.15 Å². The zero-order valence-corrected chi connectivity index (χ0v) is 47.0. The monoisotopic (exact) mass is 1040 g/mol. The van der Waals surface area contributed by atoms with Crippen LogP contribution in [0.5, 0.6) is 11.5 Å². The normalized spacial score (nSPS) is 14.9. The third kappa shape index (κ3) is 8.73. The van der Waals surface area contributed by atoms with Crippen LogP contribution in [-0.4, -0.2) is 19.1 Å². The van der Waals surface area contributed by atoms with Crippen molar-refractivity contribution in [3.8, 4) is 56.6 Å². The fraction of sp³-hybridized carbons (Fsp3) is 0.216. The summed E-state index contributed by atoms with van der Waals surface area (Å²) in [5, 5.41) is 8.77. The molecule has 4 heterocycles. The first-order valence-corrected chi connectivity index (χ1v) is 28.3. The van der Waals surface area contributed by atoms with E-state index in [-0.39, 0.29) is 10.8 Å². The number of fused-ring (bicyclic) bond motifs is 9. The predicted octanol–water partition coefficient (Wildman–Crippen LogP) is 20.6. The molecular weight excluding hydrogens is 977 g/mol. The van der Waals surface area contributed by atoms with Crippen LogP contribution in [0.1, 0.15) is 105 Å². The van der Waals surface area contributed by atoms with E-state index in [1.54, 1.807) is 0 Å². The number of imidazole rings is 1. The fourth-order valence-electron chi connectivity index (χ4n) is 12.5. The van der Waals surface area contributed by atoms with E-state index in [0.29, 0.717) is 16.9 Å². The number of aromatic nitrogens is 4. The average molecular weight is 1040 g/mol. The van der Waals surface area contributed by atoms with Gasteiger partial charge in [0.05, 0.1) is 22.3 Å². The molecule has 1 fully saturated rings. The zero-order valence-electron chi connectivity index (χ0n) is 48.0. The van der Waals surface area contributed by atoms with E-state index in [9.17, 15) is 1.37 Å². The van der Waals surface area contributed by atoms with Crippen molar-refractivity contribution in [2.75, 3.05) is 0 Å². The number of hydrogen-bond donors (Lipinski definition) is 0. The highest BCUT2D eigenvalue weighted by Gasteiger charge is 2.29. The molecule has 6 nitrogen and oxygen atoms in total. The van der Waals surface area contributed by atoms with E-state index >= 15 is 0 Å². The van der Waals surface area contributed by atoms with E-state index < -0.39 is 5.89 Å². The van der Waals surface area contributed by atoms with Gasteiger partial charge in [-0.1, -0.05) is 159 Å². The lowest BCUT2D eigenvalue weighted by Gasteiger charge is -2.34. The van der Waals surface area contributed by atoms with Gasteiger partial charge in [-0.15, -0.1) is 0 Å². The second kappa shape index (κ2) is 18.7. The highest BCUT2D eigenvalue weighted by atomic mass is 16.5. The maximum atomic E-state index is 9.37. The highest BCUT2D eigenvalue weighted by molar-refractivity contribution is 6.18. The summed E-state index contributed by atoms with van der Waals surface area (Å²) in [6, 6.07) is 65.4. The van der Waals surface area contributed by atoms with Gasteiger partial charge in [-0.3, -0.25) is 9.13 Å². The number of ether oxygens (including phenoxy) is 1. The number of para-hydroxylation sites is 1. The summed E-state index contributed by atoms with van der Waals surface area (Å²) in [6.45, 7) is 18.2. The van der Waals surface area contributed by atoms with Gasteiger partial charge in [0, 0.05) is 47.6 Å². The topological polar surface area (TPSA) is 58.0 Å². The molecule has 1 aliphatic carbocycles. The summed E-state index contributed by atoms with van der Waals surface area (Å²) >= 11 is 0. The minimum Gasteiger partial charge on any atom is -0.457 e. The Balaban J connectivity index is 0.909. The van der Waals surface area contributed by atoms with Gasteiger partial charge in [0.2, 0.25) is 0 Å². The molecule has 0 unspecified atom stereocenters. The lowest BCUT2D eigenvalue weighted by atomic mass is 9.71. The van der Waals surface area contributed by atoms with E-state index in [0.717, 1.165) is 131 Å². The SMILES string of the molecule is [2H]C1(c2ccc(-c3ccc4c(ccc5cc6c(cc54)oc4c(-c5nccn5-c5ccc(-c7ccccc7)cc5C(C)(C)C)cc(Oc5ccc7c8ccccc8n(-c8cc(C(C)(C)C)ccn8)c7c5)cc46)c3)cc2)CCC(C)(C)CC1. The Bertz CT molecular complexity index is 4610. The van der Waals surface area contributed by atoms with E-state index in [1.165, 1.54) is 22.3 Å². The van der Waals surface area contributed by atoms with Crippen molar-refractivity contribution in [2.45, 2.75) is 97.8 Å². The van der Waals surface area contributed by atoms with Crippen LogP contribution in [0.25, 0.3) is 110 Å². The summed E-state index contributed by atoms with van der Waals surface area (Å²) in [6.07, 6.45) is 9.84. The van der Waals surface area contributed by atoms with Crippen molar-refractivity contribution in [1.82, 2.24) is 19.1 Å². The molecule has 80 heavy (non-hydrogen) atoms. The molecule has 1 saturated carbocycles. The largest absolute Gasteiger partial charge is 0.457 e. The number of nitrogens with zero attached hydrogens (tertiary/aromatic N) is 4. The molecule has 0 bridgehead atoms. The third-order valence-corrected chi connectivity index (χ3v) is 17.1. The number of pyridine rings is 1. The molecule has 0 radical (unpaired) electrons. The minimum absolute atomic E-state index is 0.0502. The third-order valence-electron chi connectivity index (χ3n) is 17.1. The molecule has 0 saturated heterocycles. The maximum Gasteiger partial charge on any atom is 0.148 e. The maximum absolute atomic E-state index is 9.37. The second-order valence-corrected chi connectivity index (χ2v) is 25.1. The molecule has 0 aliphatic heterocycles. The van der Waals surface area contributed by atoms with Crippen LogP contribution >= 0.6 is 0 Å². The first-order chi connectivity index (χ1) is 38.9. The van der Waals surface area contributed by atoms with Crippen LogP contribution in [0.15, 0.2) is 205 Å². The van der Waals surface area contributed by atoms with E-state index in [1.807, 2.05) is 12.4 Å². The number of rotatable bonds is 8. The van der Waals surface area contributed by atoms with E-state index in [2.05, 4.69) is 253 Å². The smallest absolute Gasteiger partial charge is 0.148 e. The Hall–Kier alpha value is -8.74. The van der Waals surface area contributed by atoms with Crippen molar-refractivity contribution in [3.05, 3.63) is 217 Å². The second-order valence-electron chi connectivity index (χ2n) is 25.1. The van der Waals surface area contributed by atoms with Crippen LogP contribution in [0.2, 0.25) is 0 Å². The molecule has 14 rings (SSSR count). The average Bonchev–Trinajstić information content (AvgIpc) is 4.18. The van der Waals surface area contributed by atoms with Gasteiger partial charge in [0.15, 0.2) is 0 Å². The summed E-state index contributed by atoms with van der Waals surface area (Å²) in [5.74, 6) is 2.46. The first kappa shape index (κ1) is 48.4. The predicted molar refractivity (Wildman–Crippen MR) is 333 cm³/mol. The Morgan fingerprint density at radius 1 is 0.550 bits per heavy atom. The minimum atomic E-state index is -0.518. The molecule has 6 heteroatoms. The zero-order chi connectivity index (χ0) is 55.6. The molecule has 0 spiro atoms. The summed E-state index contributed by atoms with van der Waals surface area (Å²) in [4.78, 5) is 10.1. The Labute approximate surface area is 469 Å². The lowest BCUT2D eigenvalue weighted by molar-refractivity contribution is 0.224. The number of benzene rings is 9. The lowest BCUT2D eigenvalue weighted by Crippen LogP contribution is -2.20. The van der Waals surface area contributed by atoms with Crippen molar-refractivity contribution < 1.29 is 10.5 Å². The van der Waals surface area contributed by atoms with Gasteiger partial charge in [0.25, 0.3) is 0 Å². The molecule has 4 aromatic heterocycles. The molecule has 0 N–H and O–H groups in total. The van der Waals surface area contributed by atoms with Crippen LogP contribution in [0.4, 0.5) is 0 Å². The van der Waals surface area contributed by atoms with Crippen molar-refractivity contribution in [3.63, 3.8) is 0 Å². The van der Waals surface area contributed by atoms with Gasteiger partial charge in [-0.25, -0.2) is 9.97 Å². The Morgan fingerprint density at radius 2 is 1.25 bits per heavy atom. The van der Waals surface area contributed by atoms with Gasteiger partial charge >= 0.3 is 0 Å². The van der Waals surface area contributed by atoms with Crippen LogP contribution < -0.4 is 4.74 Å². The van der Waals surface area contributed by atoms with Crippen molar-refractivity contribution >= 4 is 65.3 Å². The fourth-order valence-corrected chi connectivity index (χ4v) is 12.5. The molecule has 394 valence electrons. The van der Waals surface area contributed by atoms with Crippen LogP contribution in [0.3, 0.4) is 0 Å². The molecule has 1 aliphatic rings. The van der Waals surface area contributed by atoms with E-state index in [4.69, 9.17) is 19.1 Å².